The Hall–Kier alpha value is -3.70. The molecule has 0 saturated carbocycles. The first-order valence-corrected chi connectivity index (χ1v) is 31.1. The molecule has 0 saturated heterocycles. The Morgan fingerprint density at radius 1 is 0.324 bits per heavy atom. The van der Waals surface area contributed by atoms with Crippen LogP contribution in [0.3, 0.4) is 0 Å². The molecule has 5 nitrogen and oxygen atoms in total. The third-order valence-electron chi connectivity index (χ3n) is 13.2. The van der Waals surface area contributed by atoms with Gasteiger partial charge >= 0.3 is 11.9 Å². The van der Waals surface area contributed by atoms with Crippen molar-refractivity contribution in [1.82, 2.24) is 0 Å². The van der Waals surface area contributed by atoms with Crippen LogP contribution in [0, 0.1) is 0 Å². The molecule has 0 aliphatic carbocycles. The second-order valence-electron chi connectivity index (χ2n) is 20.4. The fourth-order valence-corrected chi connectivity index (χ4v) is 8.60. The van der Waals surface area contributed by atoms with Gasteiger partial charge in [0, 0.05) is 12.8 Å². The largest absolute Gasteiger partial charge is 0.462 e. The van der Waals surface area contributed by atoms with E-state index in [9.17, 15) is 14.7 Å². The lowest BCUT2D eigenvalue weighted by molar-refractivity contribution is -0.161. The highest BCUT2D eigenvalue weighted by molar-refractivity contribution is 5.70. The van der Waals surface area contributed by atoms with Crippen LogP contribution in [0.25, 0.3) is 0 Å². The Morgan fingerprint density at radius 3 is 0.892 bits per heavy atom. The predicted molar refractivity (Wildman–Crippen MR) is 325 cm³/mol. The highest BCUT2D eigenvalue weighted by atomic mass is 16.6. The SMILES string of the molecule is CC/C=C\C/C=C\C/C=C\C/C=C\C/C=C\C/C=C\C/C=C\C/C=C\C/C=C\CCCCCCCCCCCCCC(=O)OC(CO)COC(=O)CCCCCCCCCCC/C=C\CCCCCCCCCC. The number of rotatable bonds is 56. The number of unbranched alkanes of at least 4 members (excludes halogenated alkanes) is 28. The van der Waals surface area contributed by atoms with Gasteiger partial charge in [0.1, 0.15) is 6.61 Å². The van der Waals surface area contributed by atoms with Gasteiger partial charge in [-0.25, -0.2) is 0 Å². The molecular weight excluding hydrogens is 909 g/mol. The van der Waals surface area contributed by atoms with Crippen molar-refractivity contribution in [2.45, 2.75) is 290 Å². The monoisotopic (exact) mass is 1020 g/mol. The molecule has 0 aliphatic rings. The molecule has 0 aromatic heterocycles. The minimum Gasteiger partial charge on any atom is -0.462 e. The van der Waals surface area contributed by atoms with Gasteiger partial charge in [-0.05, 0) is 109 Å². The van der Waals surface area contributed by atoms with Crippen molar-refractivity contribution in [2.24, 2.45) is 0 Å². The van der Waals surface area contributed by atoms with E-state index in [1.54, 1.807) is 0 Å². The first-order chi connectivity index (χ1) is 36.6. The summed E-state index contributed by atoms with van der Waals surface area (Å²) in [4.78, 5) is 24.6. The molecule has 0 amide bonds. The maximum Gasteiger partial charge on any atom is 0.306 e. The fraction of sp³-hybridized carbons (Fsp3) is 0.681. The second-order valence-corrected chi connectivity index (χ2v) is 20.4. The fourth-order valence-electron chi connectivity index (χ4n) is 8.60. The zero-order valence-corrected chi connectivity index (χ0v) is 48.3. The number of allylic oxidation sites excluding steroid dienone is 20. The highest BCUT2D eigenvalue weighted by Crippen LogP contribution is 2.16. The van der Waals surface area contributed by atoms with Crippen LogP contribution in [0.2, 0.25) is 0 Å². The third kappa shape index (κ3) is 60.9. The molecule has 0 spiro atoms. The number of carbonyl (C=O) groups is 2. The van der Waals surface area contributed by atoms with Crippen LogP contribution in [0.4, 0.5) is 0 Å². The molecule has 5 heteroatoms. The Bertz CT molecular complexity index is 1490. The maximum absolute atomic E-state index is 12.3. The summed E-state index contributed by atoms with van der Waals surface area (Å²) in [6.07, 6.45) is 93.3. The van der Waals surface area contributed by atoms with Crippen molar-refractivity contribution < 1.29 is 24.2 Å². The molecule has 0 heterocycles. The maximum atomic E-state index is 12.3. The normalized spacial score (nSPS) is 13.1. The number of carbonyl (C=O) groups excluding carboxylic acids is 2. The Kier molecular flexibility index (Phi) is 60.4. The van der Waals surface area contributed by atoms with Gasteiger partial charge in [-0.1, -0.05) is 283 Å². The summed E-state index contributed by atoms with van der Waals surface area (Å²) < 4.78 is 10.7. The first-order valence-electron chi connectivity index (χ1n) is 31.1. The van der Waals surface area contributed by atoms with Gasteiger partial charge in [0.2, 0.25) is 0 Å². The summed E-state index contributed by atoms with van der Waals surface area (Å²) in [5.74, 6) is -0.594. The average Bonchev–Trinajstić information content (AvgIpc) is 3.40. The van der Waals surface area contributed by atoms with Gasteiger partial charge < -0.3 is 14.6 Å². The summed E-state index contributed by atoms with van der Waals surface area (Å²) in [6.45, 7) is 4.04. The molecule has 0 aromatic carbocycles. The number of hydrogen-bond acceptors (Lipinski definition) is 5. The first kappa shape index (κ1) is 70.3. The number of aliphatic hydroxyl groups is 1. The number of aliphatic hydroxyl groups excluding tert-OH is 1. The van der Waals surface area contributed by atoms with Gasteiger partial charge in [0.05, 0.1) is 6.61 Å². The molecule has 0 aliphatic heterocycles. The molecule has 74 heavy (non-hydrogen) atoms. The molecule has 0 fully saturated rings. The van der Waals surface area contributed by atoms with Crippen molar-refractivity contribution in [2.75, 3.05) is 13.2 Å². The van der Waals surface area contributed by atoms with E-state index in [1.807, 2.05) is 0 Å². The van der Waals surface area contributed by atoms with E-state index < -0.39 is 6.10 Å². The minimum absolute atomic E-state index is 0.0717. The van der Waals surface area contributed by atoms with Crippen LogP contribution in [0.15, 0.2) is 122 Å². The standard InChI is InChI=1S/C69H116O5/c1-3-5-7-9-11-13-15-17-19-21-23-25-26-27-28-29-30-31-32-33-34-35-36-37-38-39-40-41-42-44-46-48-50-52-54-56-58-60-62-64-69(72)74-67(65-70)66-73-68(71)63-61-59-57-55-53-51-49-47-45-43-24-22-20-18-16-14-12-10-8-6-4-2/h5,7,11,13,17,19,22-25,27-28,30-31,33-34,36-37,39-40,67,70H,3-4,6,8-10,12,14-16,18,20-21,26,29,32,35,38,41-66H2,1-2H3/b7-5-,13-11-,19-17-,24-22-,25-23-,28-27-,31-30-,34-33-,37-36-,40-39-. The Balaban J connectivity index is 3.55. The zero-order valence-electron chi connectivity index (χ0n) is 48.3. The van der Waals surface area contributed by atoms with Gasteiger partial charge in [0.25, 0.3) is 0 Å². The van der Waals surface area contributed by atoms with E-state index in [2.05, 4.69) is 135 Å². The van der Waals surface area contributed by atoms with E-state index in [0.717, 1.165) is 96.3 Å². The summed E-state index contributed by atoms with van der Waals surface area (Å²) in [5.41, 5.74) is 0. The lowest BCUT2D eigenvalue weighted by Crippen LogP contribution is -2.28. The van der Waals surface area contributed by atoms with E-state index in [-0.39, 0.29) is 25.2 Å². The van der Waals surface area contributed by atoms with Gasteiger partial charge in [-0.15, -0.1) is 0 Å². The number of esters is 2. The van der Waals surface area contributed by atoms with E-state index in [0.29, 0.717) is 12.8 Å². The molecule has 0 bridgehead atoms. The summed E-state index contributed by atoms with van der Waals surface area (Å²) >= 11 is 0. The Labute approximate surface area is 458 Å². The molecule has 1 unspecified atom stereocenters. The van der Waals surface area contributed by atoms with Crippen LogP contribution in [0.5, 0.6) is 0 Å². The van der Waals surface area contributed by atoms with Crippen LogP contribution in [-0.2, 0) is 19.1 Å². The van der Waals surface area contributed by atoms with Crippen molar-refractivity contribution >= 4 is 11.9 Å². The molecule has 0 rings (SSSR count). The van der Waals surface area contributed by atoms with Crippen molar-refractivity contribution in [3.63, 3.8) is 0 Å². The number of hydrogen-bond donors (Lipinski definition) is 1. The quantitative estimate of drug-likeness (QED) is 0.0373. The van der Waals surface area contributed by atoms with Crippen molar-refractivity contribution in [1.29, 1.82) is 0 Å². The Morgan fingerprint density at radius 2 is 0.581 bits per heavy atom. The lowest BCUT2D eigenvalue weighted by atomic mass is 10.0. The third-order valence-corrected chi connectivity index (χ3v) is 13.2. The predicted octanol–water partition coefficient (Wildman–Crippen LogP) is 21.4. The van der Waals surface area contributed by atoms with E-state index >= 15 is 0 Å². The highest BCUT2D eigenvalue weighted by Gasteiger charge is 2.16. The van der Waals surface area contributed by atoms with Crippen LogP contribution in [-0.4, -0.2) is 36.4 Å². The van der Waals surface area contributed by atoms with E-state index in [4.69, 9.17) is 9.47 Å². The summed E-state index contributed by atoms with van der Waals surface area (Å²) in [5, 5.41) is 9.67. The van der Waals surface area contributed by atoms with Gasteiger partial charge in [-0.2, -0.15) is 0 Å². The van der Waals surface area contributed by atoms with Gasteiger partial charge in [0.15, 0.2) is 6.10 Å². The van der Waals surface area contributed by atoms with Crippen LogP contribution < -0.4 is 0 Å². The summed E-state index contributed by atoms with van der Waals surface area (Å²) in [6, 6.07) is 0. The molecule has 422 valence electrons. The van der Waals surface area contributed by atoms with Gasteiger partial charge in [-0.3, -0.25) is 9.59 Å². The zero-order chi connectivity index (χ0) is 53.4. The second kappa shape index (κ2) is 63.6. The average molecular weight is 1030 g/mol. The van der Waals surface area contributed by atoms with Crippen molar-refractivity contribution in [3.8, 4) is 0 Å². The van der Waals surface area contributed by atoms with Crippen molar-refractivity contribution in [3.05, 3.63) is 122 Å². The topological polar surface area (TPSA) is 72.8 Å². The summed E-state index contributed by atoms with van der Waals surface area (Å²) in [7, 11) is 0. The molecular formula is C69H116O5. The smallest absolute Gasteiger partial charge is 0.306 e. The molecule has 0 aromatic rings. The molecule has 1 N–H and O–H groups in total. The van der Waals surface area contributed by atoms with Crippen LogP contribution >= 0.6 is 0 Å². The lowest BCUT2D eigenvalue weighted by Gasteiger charge is -2.15. The molecule has 0 radical (unpaired) electrons. The minimum atomic E-state index is -0.782. The van der Waals surface area contributed by atoms with E-state index in [1.165, 1.54) is 161 Å². The number of ether oxygens (including phenoxy) is 2. The van der Waals surface area contributed by atoms with Crippen LogP contribution in [0.1, 0.15) is 284 Å². The molecule has 1 atom stereocenters.